The summed E-state index contributed by atoms with van der Waals surface area (Å²) in [5.74, 6) is 0.773. The van der Waals surface area contributed by atoms with Gasteiger partial charge in [0.05, 0.1) is 0 Å². The summed E-state index contributed by atoms with van der Waals surface area (Å²) in [6, 6.07) is 7.85. The summed E-state index contributed by atoms with van der Waals surface area (Å²) in [5.41, 5.74) is 2.07. The van der Waals surface area contributed by atoms with Gasteiger partial charge in [-0.1, -0.05) is 31.5 Å². The van der Waals surface area contributed by atoms with Gasteiger partial charge in [0.1, 0.15) is 0 Å². The SMILES string of the molecule is Cc1ccc(NC(=O)CCNCCC(C)C)cc1. The first-order valence-corrected chi connectivity index (χ1v) is 6.65. The molecule has 1 aromatic carbocycles. The van der Waals surface area contributed by atoms with E-state index in [1.807, 2.05) is 31.2 Å². The third kappa shape index (κ3) is 6.40. The molecule has 0 unspecified atom stereocenters. The molecule has 0 spiro atoms. The van der Waals surface area contributed by atoms with Gasteiger partial charge in [-0.3, -0.25) is 4.79 Å². The van der Waals surface area contributed by atoms with E-state index in [0.29, 0.717) is 12.3 Å². The molecule has 0 radical (unpaired) electrons. The number of hydrogen-bond donors (Lipinski definition) is 2. The van der Waals surface area contributed by atoms with E-state index in [2.05, 4.69) is 24.5 Å². The Balaban J connectivity index is 2.16. The third-order valence-corrected chi connectivity index (χ3v) is 2.76. The molecule has 0 aliphatic carbocycles. The van der Waals surface area contributed by atoms with Gasteiger partial charge in [-0.2, -0.15) is 0 Å². The topological polar surface area (TPSA) is 41.1 Å². The molecule has 0 fully saturated rings. The molecule has 0 aliphatic rings. The molecule has 18 heavy (non-hydrogen) atoms. The fourth-order valence-corrected chi connectivity index (χ4v) is 1.58. The highest BCUT2D eigenvalue weighted by atomic mass is 16.1. The maximum Gasteiger partial charge on any atom is 0.225 e. The van der Waals surface area contributed by atoms with Gasteiger partial charge in [-0.05, 0) is 37.9 Å². The highest BCUT2D eigenvalue weighted by Crippen LogP contribution is 2.08. The van der Waals surface area contributed by atoms with Crippen LogP contribution in [-0.2, 0) is 4.79 Å². The van der Waals surface area contributed by atoms with Gasteiger partial charge in [0.15, 0.2) is 0 Å². The summed E-state index contributed by atoms with van der Waals surface area (Å²) in [4.78, 5) is 11.6. The standard InChI is InChI=1S/C15H24N2O/c1-12(2)8-10-16-11-9-15(18)17-14-6-4-13(3)5-7-14/h4-7,12,16H,8-11H2,1-3H3,(H,17,18). The summed E-state index contributed by atoms with van der Waals surface area (Å²) in [6.07, 6.45) is 1.67. The van der Waals surface area contributed by atoms with Crippen molar-refractivity contribution in [1.29, 1.82) is 0 Å². The van der Waals surface area contributed by atoms with E-state index in [0.717, 1.165) is 25.2 Å². The van der Waals surface area contributed by atoms with Crippen LogP contribution in [0, 0.1) is 12.8 Å². The summed E-state index contributed by atoms with van der Waals surface area (Å²) in [5, 5.41) is 6.17. The van der Waals surface area contributed by atoms with Crippen molar-refractivity contribution in [2.45, 2.75) is 33.6 Å². The molecule has 1 rings (SSSR count). The van der Waals surface area contributed by atoms with E-state index in [9.17, 15) is 4.79 Å². The lowest BCUT2D eigenvalue weighted by atomic mass is 10.1. The number of benzene rings is 1. The summed E-state index contributed by atoms with van der Waals surface area (Å²) < 4.78 is 0. The first kappa shape index (κ1) is 14.7. The lowest BCUT2D eigenvalue weighted by Crippen LogP contribution is -2.23. The van der Waals surface area contributed by atoms with Gasteiger partial charge in [0.25, 0.3) is 0 Å². The highest BCUT2D eigenvalue weighted by molar-refractivity contribution is 5.90. The van der Waals surface area contributed by atoms with Crippen LogP contribution in [0.2, 0.25) is 0 Å². The van der Waals surface area contributed by atoms with Crippen LogP contribution in [0.25, 0.3) is 0 Å². The maximum atomic E-state index is 11.6. The molecule has 3 heteroatoms. The number of hydrogen-bond acceptors (Lipinski definition) is 2. The lowest BCUT2D eigenvalue weighted by molar-refractivity contribution is -0.116. The van der Waals surface area contributed by atoms with Gasteiger partial charge in [0, 0.05) is 18.7 Å². The predicted molar refractivity (Wildman–Crippen MR) is 76.8 cm³/mol. The largest absolute Gasteiger partial charge is 0.326 e. The average molecular weight is 248 g/mol. The molecule has 0 aromatic heterocycles. The molecule has 0 saturated carbocycles. The molecule has 0 aliphatic heterocycles. The van der Waals surface area contributed by atoms with Crippen LogP contribution < -0.4 is 10.6 Å². The first-order valence-electron chi connectivity index (χ1n) is 6.65. The van der Waals surface area contributed by atoms with E-state index in [1.165, 1.54) is 5.56 Å². The minimum absolute atomic E-state index is 0.0656. The number of rotatable bonds is 7. The van der Waals surface area contributed by atoms with E-state index >= 15 is 0 Å². The van der Waals surface area contributed by atoms with Crippen LogP contribution in [0.1, 0.15) is 32.3 Å². The summed E-state index contributed by atoms with van der Waals surface area (Å²) >= 11 is 0. The number of aryl methyl sites for hydroxylation is 1. The highest BCUT2D eigenvalue weighted by Gasteiger charge is 2.01. The van der Waals surface area contributed by atoms with Gasteiger partial charge in [-0.25, -0.2) is 0 Å². The van der Waals surface area contributed by atoms with Gasteiger partial charge in [-0.15, -0.1) is 0 Å². The van der Waals surface area contributed by atoms with Crippen LogP contribution >= 0.6 is 0 Å². The molecule has 0 atom stereocenters. The predicted octanol–water partition coefficient (Wildman–Crippen LogP) is 2.96. The Bertz CT molecular complexity index is 357. The Hall–Kier alpha value is -1.35. The minimum Gasteiger partial charge on any atom is -0.326 e. The Morgan fingerprint density at radius 3 is 2.44 bits per heavy atom. The Morgan fingerprint density at radius 2 is 1.83 bits per heavy atom. The van der Waals surface area contributed by atoms with Crippen molar-refractivity contribution in [3.63, 3.8) is 0 Å². The fourth-order valence-electron chi connectivity index (χ4n) is 1.58. The molecular formula is C15H24N2O. The van der Waals surface area contributed by atoms with Crippen LogP contribution in [0.5, 0.6) is 0 Å². The van der Waals surface area contributed by atoms with Crippen molar-refractivity contribution < 1.29 is 4.79 Å². The molecule has 0 saturated heterocycles. The smallest absolute Gasteiger partial charge is 0.225 e. The van der Waals surface area contributed by atoms with Crippen molar-refractivity contribution in [3.05, 3.63) is 29.8 Å². The van der Waals surface area contributed by atoms with Crippen molar-refractivity contribution in [2.24, 2.45) is 5.92 Å². The quantitative estimate of drug-likeness (QED) is 0.728. The lowest BCUT2D eigenvalue weighted by Gasteiger charge is -2.08. The third-order valence-electron chi connectivity index (χ3n) is 2.76. The number of carbonyl (C=O) groups is 1. The molecule has 100 valence electrons. The zero-order chi connectivity index (χ0) is 13.4. The van der Waals surface area contributed by atoms with Crippen LogP contribution in [0.4, 0.5) is 5.69 Å². The summed E-state index contributed by atoms with van der Waals surface area (Å²) in [7, 11) is 0. The number of amides is 1. The average Bonchev–Trinajstić information content (AvgIpc) is 2.31. The van der Waals surface area contributed by atoms with Crippen LogP contribution in [-0.4, -0.2) is 19.0 Å². The van der Waals surface area contributed by atoms with Crippen molar-refractivity contribution >= 4 is 11.6 Å². The van der Waals surface area contributed by atoms with Crippen molar-refractivity contribution in [2.75, 3.05) is 18.4 Å². The second kappa shape index (κ2) is 7.88. The Morgan fingerprint density at radius 1 is 1.17 bits per heavy atom. The first-order chi connectivity index (χ1) is 8.58. The number of nitrogens with one attached hydrogen (secondary N) is 2. The molecule has 2 N–H and O–H groups in total. The van der Waals surface area contributed by atoms with Crippen LogP contribution in [0.15, 0.2) is 24.3 Å². The molecule has 1 aromatic rings. The zero-order valence-corrected chi connectivity index (χ0v) is 11.6. The van der Waals surface area contributed by atoms with E-state index in [-0.39, 0.29) is 5.91 Å². The fraction of sp³-hybridized carbons (Fsp3) is 0.533. The van der Waals surface area contributed by atoms with E-state index in [4.69, 9.17) is 0 Å². The molecule has 0 heterocycles. The molecular weight excluding hydrogens is 224 g/mol. The molecule has 3 nitrogen and oxygen atoms in total. The molecule has 1 amide bonds. The second-order valence-corrected chi connectivity index (χ2v) is 5.10. The van der Waals surface area contributed by atoms with Crippen molar-refractivity contribution in [1.82, 2.24) is 5.32 Å². The maximum absolute atomic E-state index is 11.6. The van der Waals surface area contributed by atoms with Crippen LogP contribution in [0.3, 0.4) is 0 Å². The number of carbonyl (C=O) groups excluding carboxylic acids is 1. The summed E-state index contributed by atoms with van der Waals surface area (Å²) in [6.45, 7) is 8.15. The normalized spacial score (nSPS) is 10.7. The second-order valence-electron chi connectivity index (χ2n) is 5.10. The minimum atomic E-state index is 0.0656. The van der Waals surface area contributed by atoms with Gasteiger partial charge >= 0.3 is 0 Å². The van der Waals surface area contributed by atoms with E-state index < -0.39 is 0 Å². The monoisotopic (exact) mass is 248 g/mol. The van der Waals surface area contributed by atoms with Crippen molar-refractivity contribution in [3.8, 4) is 0 Å². The Labute approximate surface area is 110 Å². The molecule has 0 bridgehead atoms. The number of anilines is 1. The van der Waals surface area contributed by atoms with E-state index in [1.54, 1.807) is 0 Å². The Kier molecular flexibility index (Phi) is 6.44. The van der Waals surface area contributed by atoms with Gasteiger partial charge < -0.3 is 10.6 Å². The van der Waals surface area contributed by atoms with Gasteiger partial charge in [0.2, 0.25) is 5.91 Å². The zero-order valence-electron chi connectivity index (χ0n) is 11.6.